The Morgan fingerprint density at radius 2 is 2.24 bits per heavy atom. The molecule has 2 rings (SSSR count). The summed E-state index contributed by atoms with van der Waals surface area (Å²) in [6, 6.07) is 2.34. The van der Waals surface area contributed by atoms with Crippen LogP contribution in [-0.2, 0) is 0 Å². The second kappa shape index (κ2) is 4.84. The van der Waals surface area contributed by atoms with Gasteiger partial charge in [-0.2, -0.15) is 5.26 Å². The standard InChI is InChI=1S/C12H15N3OS/c1-15(11(16)10-7-17-9-14-10)12(8-13)5-3-2-4-6-12/h7,9H,2-6H2,1H3. The molecule has 1 fully saturated rings. The SMILES string of the molecule is CN(C(=O)c1cscn1)C1(C#N)CCCCC1. The Hall–Kier alpha value is -1.41. The number of thiazole rings is 1. The summed E-state index contributed by atoms with van der Waals surface area (Å²) in [6.07, 6.45) is 4.73. The molecular weight excluding hydrogens is 234 g/mol. The van der Waals surface area contributed by atoms with Crippen molar-refractivity contribution in [2.45, 2.75) is 37.6 Å². The van der Waals surface area contributed by atoms with Crippen LogP contribution in [0.2, 0.25) is 0 Å². The van der Waals surface area contributed by atoms with Crippen LogP contribution >= 0.6 is 11.3 Å². The third kappa shape index (κ3) is 2.18. The van der Waals surface area contributed by atoms with Crippen molar-refractivity contribution in [3.63, 3.8) is 0 Å². The molecule has 0 radical (unpaired) electrons. The molecule has 0 spiro atoms. The molecule has 17 heavy (non-hydrogen) atoms. The van der Waals surface area contributed by atoms with Crippen LogP contribution < -0.4 is 0 Å². The van der Waals surface area contributed by atoms with Crippen LogP contribution in [0.3, 0.4) is 0 Å². The summed E-state index contributed by atoms with van der Waals surface area (Å²) in [5, 5.41) is 11.1. The van der Waals surface area contributed by atoms with Gasteiger partial charge in [-0.25, -0.2) is 4.98 Å². The number of aromatic nitrogens is 1. The predicted octanol–water partition coefficient (Wildman–Crippen LogP) is 2.44. The van der Waals surface area contributed by atoms with Gasteiger partial charge < -0.3 is 4.90 Å². The first-order chi connectivity index (χ1) is 8.19. The van der Waals surface area contributed by atoms with E-state index in [9.17, 15) is 10.1 Å². The highest BCUT2D eigenvalue weighted by Gasteiger charge is 2.39. The highest BCUT2D eigenvalue weighted by atomic mass is 32.1. The van der Waals surface area contributed by atoms with Crippen molar-refractivity contribution < 1.29 is 4.79 Å². The number of hydrogen-bond acceptors (Lipinski definition) is 4. The van der Waals surface area contributed by atoms with Gasteiger partial charge >= 0.3 is 0 Å². The lowest BCUT2D eigenvalue weighted by atomic mass is 9.81. The van der Waals surface area contributed by atoms with Crippen molar-refractivity contribution in [3.05, 3.63) is 16.6 Å². The lowest BCUT2D eigenvalue weighted by molar-refractivity contribution is 0.0584. The number of rotatable bonds is 2. The highest BCUT2D eigenvalue weighted by molar-refractivity contribution is 7.07. The summed E-state index contributed by atoms with van der Waals surface area (Å²) >= 11 is 1.40. The van der Waals surface area contributed by atoms with Gasteiger partial charge in [0.1, 0.15) is 11.2 Å². The van der Waals surface area contributed by atoms with Gasteiger partial charge in [-0.15, -0.1) is 11.3 Å². The molecule has 0 aromatic carbocycles. The second-order valence-corrected chi connectivity index (χ2v) is 5.16. The molecule has 1 aliphatic rings. The summed E-state index contributed by atoms with van der Waals surface area (Å²) in [5.41, 5.74) is 1.46. The first-order valence-electron chi connectivity index (χ1n) is 5.77. The zero-order valence-electron chi connectivity index (χ0n) is 9.85. The average molecular weight is 249 g/mol. The Morgan fingerprint density at radius 1 is 1.53 bits per heavy atom. The number of hydrogen-bond donors (Lipinski definition) is 0. The number of nitrogens with zero attached hydrogens (tertiary/aromatic N) is 3. The van der Waals surface area contributed by atoms with E-state index in [-0.39, 0.29) is 5.91 Å². The van der Waals surface area contributed by atoms with Crippen molar-refractivity contribution in [1.29, 1.82) is 5.26 Å². The molecule has 1 aromatic rings. The third-order valence-electron chi connectivity index (χ3n) is 3.49. The van der Waals surface area contributed by atoms with E-state index in [2.05, 4.69) is 11.1 Å². The lowest BCUT2D eigenvalue weighted by Crippen LogP contribution is -2.49. The molecule has 0 unspecified atom stereocenters. The molecule has 0 saturated heterocycles. The van der Waals surface area contributed by atoms with Crippen molar-refractivity contribution in [3.8, 4) is 6.07 Å². The maximum atomic E-state index is 12.2. The van der Waals surface area contributed by atoms with Crippen LogP contribution in [0.15, 0.2) is 10.9 Å². The third-order valence-corrected chi connectivity index (χ3v) is 4.07. The van der Waals surface area contributed by atoms with E-state index in [0.717, 1.165) is 32.1 Å². The van der Waals surface area contributed by atoms with Gasteiger partial charge in [0, 0.05) is 12.4 Å². The van der Waals surface area contributed by atoms with Gasteiger partial charge in [0.05, 0.1) is 11.6 Å². The molecule has 0 N–H and O–H groups in total. The fourth-order valence-corrected chi connectivity index (χ4v) is 2.87. The molecular formula is C12H15N3OS. The largest absolute Gasteiger partial charge is 0.322 e. The van der Waals surface area contributed by atoms with E-state index in [1.54, 1.807) is 22.8 Å². The second-order valence-electron chi connectivity index (χ2n) is 4.44. The molecule has 1 amide bonds. The molecule has 90 valence electrons. The van der Waals surface area contributed by atoms with Crippen LogP contribution in [0.25, 0.3) is 0 Å². The Bertz CT molecular complexity index is 429. The Morgan fingerprint density at radius 3 is 2.76 bits per heavy atom. The van der Waals surface area contributed by atoms with Gasteiger partial charge in [0.2, 0.25) is 0 Å². The number of carbonyl (C=O) groups is 1. The van der Waals surface area contributed by atoms with E-state index >= 15 is 0 Å². The number of nitriles is 1. The predicted molar refractivity (Wildman–Crippen MR) is 65.6 cm³/mol. The van der Waals surface area contributed by atoms with E-state index in [1.807, 2.05) is 0 Å². The van der Waals surface area contributed by atoms with Crippen molar-refractivity contribution >= 4 is 17.2 Å². The highest BCUT2D eigenvalue weighted by Crippen LogP contribution is 2.33. The summed E-state index contributed by atoms with van der Waals surface area (Å²) in [7, 11) is 1.72. The van der Waals surface area contributed by atoms with E-state index in [1.165, 1.54) is 11.3 Å². The molecule has 1 heterocycles. The molecule has 1 saturated carbocycles. The maximum absolute atomic E-state index is 12.2. The number of amides is 1. The normalized spacial score (nSPS) is 18.4. The lowest BCUT2D eigenvalue weighted by Gasteiger charge is -2.38. The van der Waals surface area contributed by atoms with E-state index in [4.69, 9.17) is 0 Å². The first kappa shape index (κ1) is 12.1. The summed E-state index contributed by atoms with van der Waals surface area (Å²) in [5.74, 6) is -0.144. The molecule has 0 bridgehead atoms. The van der Waals surface area contributed by atoms with Gasteiger partial charge in [0.15, 0.2) is 0 Å². The smallest absolute Gasteiger partial charge is 0.274 e. The van der Waals surface area contributed by atoms with Crippen LogP contribution in [-0.4, -0.2) is 28.4 Å². The minimum absolute atomic E-state index is 0.144. The quantitative estimate of drug-likeness (QED) is 0.809. The molecule has 5 heteroatoms. The fourth-order valence-electron chi connectivity index (χ4n) is 2.34. The van der Waals surface area contributed by atoms with Crippen LogP contribution in [0.5, 0.6) is 0 Å². The molecule has 0 atom stereocenters. The zero-order chi connectivity index (χ0) is 12.3. The fraction of sp³-hybridized carbons (Fsp3) is 0.583. The topological polar surface area (TPSA) is 57.0 Å². The molecule has 0 aliphatic heterocycles. The summed E-state index contributed by atoms with van der Waals surface area (Å²) in [4.78, 5) is 17.8. The monoisotopic (exact) mass is 249 g/mol. The van der Waals surface area contributed by atoms with E-state index < -0.39 is 5.54 Å². The summed E-state index contributed by atoms with van der Waals surface area (Å²) in [6.45, 7) is 0. The van der Waals surface area contributed by atoms with Crippen LogP contribution in [0, 0.1) is 11.3 Å². The van der Waals surface area contributed by atoms with Crippen LogP contribution in [0.1, 0.15) is 42.6 Å². The minimum atomic E-state index is -0.626. The van der Waals surface area contributed by atoms with Crippen molar-refractivity contribution in [2.24, 2.45) is 0 Å². The number of carbonyl (C=O) groups excluding carboxylic acids is 1. The van der Waals surface area contributed by atoms with Gasteiger partial charge in [-0.1, -0.05) is 19.3 Å². The van der Waals surface area contributed by atoms with Crippen LogP contribution in [0.4, 0.5) is 0 Å². The van der Waals surface area contributed by atoms with Gasteiger partial charge in [-0.3, -0.25) is 4.79 Å². The van der Waals surface area contributed by atoms with Crippen molar-refractivity contribution in [1.82, 2.24) is 9.88 Å². The first-order valence-corrected chi connectivity index (χ1v) is 6.71. The Labute approximate surface area is 105 Å². The van der Waals surface area contributed by atoms with E-state index in [0.29, 0.717) is 5.69 Å². The van der Waals surface area contributed by atoms with Gasteiger partial charge in [0.25, 0.3) is 5.91 Å². The van der Waals surface area contributed by atoms with Gasteiger partial charge in [-0.05, 0) is 12.8 Å². The summed E-state index contributed by atoms with van der Waals surface area (Å²) < 4.78 is 0. The molecule has 1 aromatic heterocycles. The Kier molecular flexibility index (Phi) is 3.43. The zero-order valence-corrected chi connectivity index (χ0v) is 10.7. The minimum Gasteiger partial charge on any atom is -0.322 e. The Balaban J connectivity index is 2.20. The molecule has 4 nitrogen and oxygen atoms in total. The van der Waals surface area contributed by atoms with Crippen molar-refractivity contribution in [2.75, 3.05) is 7.05 Å². The molecule has 1 aliphatic carbocycles. The average Bonchev–Trinajstić information content (AvgIpc) is 2.91. The maximum Gasteiger partial charge on any atom is 0.274 e.